The molecule has 13 heavy (non-hydrogen) atoms. The lowest BCUT2D eigenvalue weighted by atomic mass is 10.3. The Labute approximate surface area is 78.1 Å². The molecule has 0 amide bonds. The van der Waals surface area contributed by atoms with Crippen molar-refractivity contribution in [2.75, 3.05) is 12.3 Å². The fraction of sp³-hybridized carbons (Fsp3) is 0.400. The van der Waals surface area contributed by atoms with E-state index < -0.39 is 0 Å². The molecule has 0 aliphatic carbocycles. The van der Waals surface area contributed by atoms with Gasteiger partial charge in [-0.25, -0.2) is 0 Å². The van der Waals surface area contributed by atoms with Gasteiger partial charge in [-0.15, -0.1) is 0 Å². The van der Waals surface area contributed by atoms with Crippen LogP contribution in [0.2, 0.25) is 0 Å². The summed E-state index contributed by atoms with van der Waals surface area (Å²) < 4.78 is 5.33. The minimum absolute atomic E-state index is 0.144. The van der Waals surface area contributed by atoms with Gasteiger partial charge in [0.2, 0.25) is 0 Å². The maximum atomic E-state index is 9.35. The Bertz CT molecular complexity index is 274. The molecular weight excluding hydrogens is 166 g/mol. The maximum absolute atomic E-state index is 9.35. The molecule has 0 fully saturated rings. The normalized spacial score (nSPS) is 9.92. The van der Waals surface area contributed by atoms with Gasteiger partial charge >= 0.3 is 0 Å². The second-order valence-electron chi connectivity index (χ2n) is 2.93. The van der Waals surface area contributed by atoms with Crippen molar-refractivity contribution in [2.24, 2.45) is 0 Å². The van der Waals surface area contributed by atoms with E-state index in [1.54, 1.807) is 12.1 Å². The second kappa shape index (κ2) is 4.60. The number of hydrogen-bond acceptors (Lipinski definition) is 3. The monoisotopic (exact) mass is 181 g/mol. The topological polar surface area (TPSA) is 55.5 Å². The van der Waals surface area contributed by atoms with Gasteiger partial charge in [0.25, 0.3) is 0 Å². The SMILES string of the molecule is CCCCOc1cc(N)ccc1O. The van der Waals surface area contributed by atoms with E-state index in [1.165, 1.54) is 6.07 Å². The molecule has 3 heteroatoms. The summed E-state index contributed by atoms with van der Waals surface area (Å²) in [6.07, 6.45) is 2.05. The molecule has 1 rings (SSSR count). The maximum Gasteiger partial charge on any atom is 0.162 e. The van der Waals surface area contributed by atoms with Crippen LogP contribution in [0.4, 0.5) is 5.69 Å². The van der Waals surface area contributed by atoms with Gasteiger partial charge in [-0.3, -0.25) is 0 Å². The van der Waals surface area contributed by atoms with Crippen LogP contribution in [-0.2, 0) is 0 Å². The van der Waals surface area contributed by atoms with E-state index in [1.807, 2.05) is 0 Å². The van der Waals surface area contributed by atoms with Crippen LogP contribution in [-0.4, -0.2) is 11.7 Å². The number of rotatable bonds is 4. The highest BCUT2D eigenvalue weighted by atomic mass is 16.5. The van der Waals surface area contributed by atoms with Crippen LogP contribution in [0.25, 0.3) is 0 Å². The summed E-state index contributed by atoms with van der Waals surface area (Å²) >= 11 is 0. The molecule has 0 radical (unpaired) electrons. The Hall–Kier alpha value is -1.38. The number of benzene rings is 1. The number of nitrogens with two attached hydrogens (primary N) is 1. The zero-order chi connectivity index (χ0) is 9.68. The van der Waals surface area contributed by atoms with Gasteiger partial charge in [-0.1, -0.05) is 13.3 Å². The zero-order valence-corrected chi connectivity index (χ0v) is 7.79. The smallest absolute Gasteiger partial charge is 0.162 e. The van der Waals surface area contributed by atoms with Crippen LogP contribution in [0, 0.1) is 0 Å². The van der Waals surface area contributed by atoms with Gasteiger partial charge in [0.1, 0.15) is 0 Å². The molecule has 1 aromatic rings. The number of nitrogen functional groups attached to an aromatic ring is 1. The summed E-state index contributed by atoms with van der Waals surface area (Å²) in [6.45, 7) is 2.70. The predicted octanol–water partition coefficient (Wildman–Crippen LogP) is 2.15. The highest BCUT2D eigenvalue weighted by molar-refractivity contribution is 5.51. The van der Waals surface area contributed by atoms with Crippen molar-refractivity contribution in [1.82, 2.24) is 0 Å². The van der Waals surface area contributed by atoms with E-state index in [4.69, 9.17) is 10.5 Å². The number of anilines is 1. The van der Waals surface area contributed by atoms with Crippen LogP contribution in [0.15, 0.2) is 18.2 Å². The summed E-state index contributed by atoms with van der Waals surface area (Å²) in [4.78, 5) is 0. The van der Waals surface area contributed by atoms with Gasteiger partial charge in [0, 0.05) is 11.8 Å². The molecule has 1 aromatic carbocycles. The molecule has 72 valence electrons. The molecule has 0 saturated carbocycles. The van der Waals surface area contributed by atoms with Crippen molar-refractivity contribution >= 4 is 5.69 Å². The Kier molecular flexibility index (Phi) is 3.43. The largest absolute Gasteiger partial charge is 0.504 e. The lowest BCUT2D eigenvalue weighted by Gasteiger charge is -2.07. The van der Waals surface area contributed by atoms with Crippen molar-refractivity contribution in [3.05, 3.63) is 18.2 Å². The van der Waals surface area contributed by atoms with Crippen LogP contribution >= 0.6 is 0 Å². The predicted molar refractivity (Wildman–Crippen MR) is 52.9 cm³/mol. The Morgan fingerprint density at radius 2 is 2.23 bits per heavy atom. The molecule has 0 heterocycles. The third kappa shape index (κ3) is 2.86. The molecule has 0 spiro atoms. The van der Waals surface area contributed by atoms with Crippen molar-refractivity contribution in [3.8, 4) is 11.5 Å². The van der Waals surface area contributed by atoms with Gasteiger partial charge in [0.05, 0.1) is 6.61 Å². The minimum atomic E-state index is 0.144. The Balaban J connectivity index is 2.59. The molecule has 0 aliphatic rings. The van der Waals surface area contributed by atoms with Crippen molar-refractivity contribution in [1.29, 1.82) is 0 Å². The fourth-order valence-electron chi connectivity index (χ4n) is 0.973. The number of ether oxygens (including phenoxy) is 1. The van der Waals surface area contributed by atoms with Crippen molar-refractivity contribution in [3.63, 3.8) is 0 Å². The first-order chi connectivity index (χ1) is 6.24. The number of unbranched alkanes of at least 4 members (excludes halogenated alkanes) is 1. The first-order valence-electron chi connectivity index (χ1n) is 4.45. The average molecular weight is 181 g/mol. The lowest BCUT2D eigenvalue weighted by molar-refractivity contribution is 0.293. The zero-order valence-electron chi connectivity index (χ0n) is 7.79. The van der Waals surface area contributed by atoms with Crippen LogP contribution < -0.4 is 10.5 Å². The van der Waals surface area contributed by atoms with Gasteiger partial charge in [-0.2, -0.15) is 0 Å². The Morgan fingerprint density at radius 3 is 2.92 bits per heavy atom. The minimum Gasteiger partial charge on any atom is -0.504 e. The molecule has 0 bridgehead atoms. The molecule has 0 aromatic heterocycles. The van der Waals surface area contributed by atoms with Crippen molar-refractivity contribution < 1.29 is 9.84 Å². The summed E-state index contributed by atoms with van der Waals surface area (Å²) in [5.74, 6) is 0.610. The summed E-state index contributed by atoms with van der Waals surface area (Å²) in [7, 11) is 0. The van der Waals surface area contributed by atoms with Gasteiger partial charge in [-0.05, 0) is 18.6 Å². The van der Waals surface area contributed by atoms with E-state index in [2.05, 4.69) is 6.92 Å². The third-order valence-electron chi connectivity index (χ3n) is 1.74. The summed E-state index contributed by atoms with van der Waals surface area (Å²) in [6, 6.07) is 4.81. The van der Waals surface area contributed by atoms with Crippen molar-refractivity contribution in [2.45, 2.75) is 19.8 Å². The average Bonchev–Trinajstić information content (AvgIpc) is 2.11. The molecule has 0 aliphatic heterocycles. The van der Waals surface area contributed by atoms with E-state index in [9.17, 15) is 5.11 Å². The third-order valence-corrected chi connectivity index (χ3v) is 1.74. The fourth-order valence-corrected chi connectivity index (χ4v) is 0.973. The Morgan fingerprint density at radius 1 is 1.46 bits per heavy atom. The van der Waals surface area contributed by atoms with E-state index in [0.29, 0.717) is 18.0 Å². The van der Waals surface area contributed by atoms with E-state index in [-0.39, 0.29) is 5.75 Å². The lowest BCUT2D eigenvalue weighted by Crippen LogP contribution is -1.97. The molecular formula is C10H15NO2. The van der Waals surface area contributed by atoms with Gasteiger partial charge in [0.15, 0.2) is 11.5 Å². The standard InChI is InChI=1S/C10H15NO2/c1-2-3-6-13-10-7-8(11)4-5-9(10)12/h4-5,7,12H,2-3,6,11H2,1H3. The first kappa shape index (κ1) is 9.71. The highest BCUT2D eigenvalue weighted by Crippen LogP contribution is 2.27. The molecule has 0 atom stereocenters. The van der Waals surface area contributed by atoms with E-state index in [0.717, 1.165) is 12.8 Å². The van der Waals surface area contributed by atoms with E-state index >= 15 is 0 Å². The second-order valence-corrected chi connectivity index (χ2v) is 2.93. The molecule has 0 saturated heterocycles. The number of phenolic OH excluding ortho intramolecular Hbond substituents is 1. The summed E-state index contributed by atoms with van der Waals surface area (Å²) in [5.41, 5.74) is 6.14. The number of hydrogen-bond donors (Lipinski definition) is 2. The molecule has 3 nitrogen and oxygen atoms in total. The summed E-state index contributed by atoms with van der Waals surface area (Å²) in [5, 5.41) is 9.35. The first-order valence-corrected chi connectivity index (χ1v) is 4.45. The van der Waals surface area contributed by atoms with Crippen LogP contribution in [0.5, 0.6) is 11.5 Å². The van der Waals surface area contributed by atoms with Gasteiger partial charge < -0.3 is 15.6 Å². The number of aromatic hydroxyl groups is 1. The molecule has 0 unspecified atom stereocenters. The van der Waals surface area contributed by atoms with Crippen LogP contribution in [0.1, 0.15) is 19.8 Å². The number of phenols is 1. The highest BCUT2D eigenvalue weighted by Gasteiger charge is 2.01. The quantitative estimate of drug-likeness (QED) is 0.425. The van der Waals surface area contributed by atoms with Crippen LogP contribution in [0.3, 0.4) is 0 Å². The molecule has 3 N–H and O–H groups in total.